The Morgan fingerprint density at radius 3 is 2.71 bits per heavy atom. The molecule has 0 radical (unpaired) electrons. The van der Waals surface area contributed by atoms with E-state index in [0.717, 1.165) is 37.0 Å². The SMILES string of the molecule is CN(C)c1nc2nc(C3CCOC(c4cnn(C5CC5)c4)C3)nc(-c3cc(F)c(Cl)cc3F)c2s1. The number of nitrogens with zero attached hydrogens (tertiary/aromatic N) is 6. The summed E-state index contributed by atoms with van der Waals surface area (Å²) in [6.45, 7) is 0.546. The van der Waals surface area contributed by atoms with E-state index in [1.807, 2.05) is 29.9 Å². The Labute approximate surface area is 209 Å². The zero-order valence-electron chi connectivity index (χ0n) is 19.2. The number of hydrogen-bond acceptors (Lipinski definition) is 7. The van der Waals surface area contributed by atoms with E-state index in [0.29, 0.717) is 46.1 Å². The molecule has 1 saturated heterocycles. The Hall–Kier alpha value is -2.69. The van der Waals surface area contributed by atoms with Crippen LogP contribution in [0.4, 0.5) is 13.9 Å². The summed E-state index contributed by atoms with van der Waals surface area (Å²) in [5.41, 5.74) is 1.88. The first-order valence-electron chi connectivity index (χ1n) is 11.5. The van der Waals surface area contributed by atoms with E-state index < -0.39 is 11.6 Å². The number of ether oxygens (including phenoxy) is 1. The number of benzene rings is 1. The summed E-state index contributed by atoms with van der Waals surface area (Å²) >= 11 is 7.15. The van der Waals surface area contributed by atoms with Crippen LogP contribution in [0.3, 0.4) is 0 Å². The fraction of sp³-hybridized carbons (Fsp3) is 0.417. The molecule has 7 nitrogen and oxygen atoms in total. The second-order valence-corrected chi connectivity index (χ2v) is 10.7. The molecule has 1 aliphatic heterocycles. The summed E-state index contributed by atoms with van der Waals surface area (Å²) in [6, 6.07) is 2.58. The number of aromatic nitrogens is 5. The van der Waals surface area contributed by atoms with Crippen LogP contribution >= 0.6 is 22.9 Å². The average molecular weight is 517 g/mol. The first-order chi connectivity index (χ1) is 16.9. The van der Waals surface area contributed by atoms with Gasteiger partial charge in [0.15, 0.2) is 10.8 Å². The summed E-state index contributed by atoms with van der Waals surface area (Å²) in [5, 5.41) is 4.93. The van der Waals surface area contributed by atoms with Crippen LogP contribution < -0.4 is 4.90 Å². The van der Waals surface area contributed by atoms with Crippen LogP contribution in [0.1, 0.15) is 55.1 Å². The van der Waals surface area contributed by atoms with Crippen LogP contribution in [-0.2, 0) is 4.74 Å². The quantitative estimate of drug-likeness (QED) is 0.307. The van der Waals surface area contributed by atoms with Crippen molar-refractivity contribution < 1.29 is 13.5 Å². The summed E-state index contributed by atoms with van der Waals surface area (Å²) in [6.07, 6.45) is 7.53. The molecule has 1 aliphatic carbocycles. The third-order valence-electron chi connectivity index (χ3n) is 6.47. The van der Waals surface area contributed by atoms with Crippen LogP contribution in [0.15, 0.2) is 24.5 Å². The van der Waals surface area contributed by atoms with Crippen molar-refractivity contribution in [3.63, 3.8) is 0 Å². The van der Waals surface area contributed by atoms with Crippen LogP contribution in [0.2, 0.25) is 5.02 Å². The Morgan fingerprint density at radius 1 is 1.11 bits per heavy atom. The molecule has 0 N–H and O–H groups in total. The monoisotopic (exact) mass is 516 g/mol. The summed E-state index contributed by atoms with van der Waals surface area (Å²) < 4.78 is 38.0. The topological polar surface area (TPSA) is 69.0 Å². The predicted molar refractivity (Wildman–Crippen MR) is 131 cm³/mol. The third-order valence-corrected chi connectivity index (χ3v) is 7.98. The van der Waals surface area contributed by atoms with Gasteiger partial charge in [0.25, 0.3) is 0 Å². The molecule has 182 valence electrons. The molecule has 0 spiro atoms. The fourth-order valence-electron chi connectivity index (χ4n) is 4.41. The van der Waals surface area contributed by atoms with Gasteiger partial charge in [0.2, 0.25) is 0 Å². The molecule has 2 aliphatic rings. The predicted octanol–water partition coefficient (Wildman–Crippen LogP) is 5.92. The van der Waals surface area contributed by atoms with Gasteiger partial charge in [-0.2, -0.15) is 10.1 Å². The van der Waals surface area contributed by atoms with E-state index in [2.05, 4.69) is 16.3 Å². The highest BCUT2D eigenvalue weighted by atomic mass is 35.5. The van der Waals surface area contributed by atoms with E-state index in [4.69, 9.17) is 26.3 Å². The van der Waals surface area contributed by atoms with Gasteiger partial charge >= 0.3 is 0 Å². The summed E-state index contributed by atoms with van der Waals surface area (Å²) in [7, 11) is 3.75. The number of rotatable bonds is 5. The van der Waals surface area contributed by atoms with Gasteiger partial charge in [-0.3, -0.25) is 4.68 Å². The van der Waals surface area contributed by atoms with Crippen molar-refractivity contribution in [1.29, 1.82) is 0 Å². The Bertz CT molecular complexity index is 1420. The van der Waals surface area contributed by atoms with Crippen LogP contribution in [0.25, 0.3) is 21.6 Å². The molecule has 4 aromatic rings. The maximum Gasteiger partial charge on any atom is 0.187 e. The Kier molecular flexibility index (Phi) is 5.69. The van der Waals surface area contributed by atoms with Gasteiger partial charge in [-0.05, 0) is 37.8 Å². The minimum atomic E-state index is -0.701. The maximum absolute atomic E-state index is 15.0. The molecular weight excluding hydrogens is 494 g/mol. The zero-order valence-corrected chi connectivity index (χ0v) is 20.8. The molecule has 35 heavy (non-hydrogen) atoms. The molecule has 4 heterocycles. The van der Waals surface area contributed by atoms with Gasteiger partial charge in [0, 0.05) is 43.9 Å². The van der Waals surface area contributed by atoms with Crippen molar-refractivity contribution in [2.45, 2.75) is 43.7 Å². The lowest BCUT2D eigenvalue weighted by molar-refractivity contribution is 0.00396. The summed E-state index contributed by atoms with van der Waals surface area (Å²) in [5.74, 6) is -0.807. The van der Waals surface area contributed by atoms with Gasteiger partial charge in [-0.1, -0.05) is 22.9 Å². The van der Waals surface area contributed by atoms with Crippen LogP contribution in [-0.4, -0.2) is 45.4 Å². The highest BCUT2D eigenvalue weighted by Crippen LogP contribution is 2.41. The highest BCUT2D eigenvalue weighted by molar-refractivity contribution is 7.22. The highest BCUT2D eigenvalue weighted by Gasteiger charge is 2.31. The van der Waals surface area contributed by atoms with Crippen LogP contribution in [0.5, 0.6) is 0 Å². The molecular formula is C24H23ClF2N6OS. The van der Waals surface area contributed by atoms with Crippen molar-refractivity contribution in [2.75, 3.05) is 25.6 Å². The average Bonchev–Trinajstić information content (AvgIpc) is 3.40. The molecule has 6 rings (SSSR count). The lowest BCUT2D eigenvalue weighted by Gasteiger charge is -2.28. The fourth-order valence-corrected chi connectivity index (χ4v) is 5.49. The number of thiazole rings is 1. The zero-order chi connectivity index (χ0) is 24.3. The van der Waals surface area contributed by atoms with E-state index in [1.54, 1.807) is 0 Å². The number of fused-ring (bicyclic) bond motifs is 1. The van der Waals surface area contributed by atoms with Gasteiger partial charge < -0.3 is 9.64 Å². The second-order valence-electron chi connectivity index (χ2n) is 9.29. The smallest absolute Gasteiger partial charge is 0.187 e. The third kappa shape index (κ3) is 4.28. The molecule has 2 atom stereocenters. The Morgan fingerprint density at radius 2 is 1.94 bits per heavy atom. The van der Waals surface area contributed by atoms with Crippen molar-refractivity contribution in [3.05, 3.63) is 52.6 Å². The normalized spacial score (nSPS) is 20.5. The summed E-state index contributed by atoms with van der Waals surface area (Å²) in [4.78, 5) is 16.1. The molecule has 1 aromatic carbocycles. The standard InChI is InChI=1S/C24H23ClF2N6OS/c1-32(2)24-31-23-21(35-24)20(15-8-18(27)16(25)9-17(15)26)29-22(30-23)12-5-6-34-19(7-12)13-10-28-33(11-13)14-3-4-14/h8-12,14,19H,3-7H2,1-2H3. The lowest BCUT2D eigenvalue weighted by atomic mass is 9.92. The minimum Gasteiger partial charge on any atom is -0.373 e. The Balaban J connectivity index is 1.41. The molecule has 2 fully saturated rings. The maximum atomic E-state index is 15.0. The van der Waals surface area contributed by atoms with E-state index in [1.165, 1.54) is 11.3 Å². The largest absolute Gasteiger partial charge is 0.373 e. The number of halogens is 3. The van der Waals surface area contributed by atoms with E-state index in [-0.39, 0.29) is 22.6 Å². The van der Waals surface area contributed by atoms with Crippen molar-refractivity contribution >= 4 is 38.4 Å². The number of hydrogen-bond donors (Lipinski definition) is 0. The van der Waals surface area contributed by atoms with E-state index in [9.17, 15) is 8.78 Å². The molecule has 0 amide bonds. The second kappa shape index (κ2) is 8.76. The molecule has 3 aromatic heterocycles. The molecule has 2 unspecified atom stereocenters. The lowest BCUT2D eigenvalue weighted by Crippen LogP contribution is -2.20. The van der Waals surface area contributed by atoms with Crippen molar-refractivity contribution in [2.24, 2.45) is 0 Å². The van der Waals surface area contributed by atoms with Gasteiger partial charge in [-0.25, -0.2) is 18.7 Å². The van der Waals surface area contributed by atoms with E-state index >= 15 is 0 Å². The van der Waals surface area contributed by atoms with Crippen molar-refractivity contribution in [3.8, 4) is 11.3 Å². The molecule has 0 bridgehead atoms. The number of anilines is 1. The first kappa shape index (κ1) is 22.8. The van der Waals surface area contributed by atoms with Crippen LogP contribution in [0, 0.1) is 11.6 Å². The first-order valence-corrected chi connectivity index (χ1v) is 12.7. The van der Waals surface area contributed by atoms with Gasteiger partial charge in [0.1, 0.15) is 22.2 Å². The van der Waals surface area contributed by atoms with Gasteiger partial charge in [-0.15, -0.1) is 0 Å². The molecule has 1 saturated carbocycles. The molecule has 11 heteroatoms. The minimum absolute atomic E-state index is 0.0223. The van der Waals surface area contributed by atoms with Crippen molar-refractivity contribution in [1.82, 2.24) is 24.7 Å². The van der Waals surface area contributed by atoms with Gasteiger partial charge in [0.05, 0.1) is 29.1 Å².